The van der Waals surface area contributed by atoms with Gasteiger partial charge in [0.15, 0.2) is 16.7 Å². The number of aliphatic imine (C=N–C) groups is 1. The molecule has 1 aliphatic heterocycles. The Kier molecular flexibility index (Phi) is 7.11. The zero-order valence-corrected chi connectivity index (χ0v) is 18.3. The van der Waals surface area contributed by atoms with Crippen LogP contribution in [-0.4, -0.2) is 23.6 Å². The maximum atomic E-state index is 12.1. The zero-order chi connectivity index (χ0) is 20.8. The second kappa shape index (κ2) is 9.76. The minimum Gasteiger partial charge on any atom is -0.490 e. The van der Waals surface area contributed by atoms with E-state index in [-0.39, 0.29) is 11.1 Å². The summed E-state index contributed by atoms with van der Waals surface area (Å²) in [5.41, 5.74) is 1.80. The molecule has 150 valence electrons. The highest BCUT2D eigenvalue weighted by molar-refractivity contribution is 9.10. The van der Waals surface area contributed by atoms with Crippen molar-refractivity contribution in [3.05, 3.63) is 63.0 Å². The molecule has 0 spiro atoms. The summed E-state index contributed by atoms with van der Waals surface area (Å²) in [6, 6.07) is 13.5. The van der Waals surface area contributed by atoms with Gasteiger partial charge >= 0.3 is 0 Å². The van der Waals surface area contributed by atoms with Crippen molar-refractivity contribution in [3.63, 3.8) is 0 Å². The summed E-state index contributed by atoms with van der Waals surface area (Å²) >= 11 is 4.66. The number of ether oxygens (including phenoxy) is 2. The SMILES string of the molecule is CCOc1cc(/C=C2/SC(NC(C)=O)=NC2=O)cc(Br)c1OCc1ccccc1. The molecule has 0 bridgehead atoms. The van der Waals surface area contributed by atoms with Gasteiger partial charge in [0, 0.05) is 6.92 Å². The lowest BCUT2D eigenvalue weighted by Crippen LogP contribution is -2.23. The third-order valence-electron chi connectivity index (χ3n) is 3.76. The van der Waals surface area contributed by atoms with E-state index in [9.17, 15) is 9.59 Å². The third kappa shape index (κ3) is 5.71. The van der Waals surface area contributed by atoms with E-state index < -0.39 is 5.91 Å². The van der Waals surface area contributed by atoms with E-state index >= 15 is 0 Å². The number of amides is 2. The first kappa shape index (κ1) is 21.1. The van der Waals surface area contributed by atoms with Gasteiger partial charge in [0.2, 0.25) is 5.91 Å². The topological polar surface area (TPSA) is 77.0 Å². The van der Waals surface area contributed by atoms with Gasteiger partial charge in [-0.2, -0.15) is 4.99 Å². The Morgan fingerprint density at radius 3 is 2.69 bits per heavy atom. The molecule has 0 aliphatic carbocycles. The van der Waals surface area contributed by atoms with Crippen LogP contribution in [0.2, 0.25) is 0 Å². The number of amidine groups is 1. The van der Waals surface area contributed by atoms with Gasteiger partial charge in [-0.25, -0.2) is 0 Å². The molecule has 0 aromatic heterocycles. The van der Waals surface area contributed by atoms with Crippen LogP contribution >= 0.6 is 27.7 Å². The van der Waals surface area contributed by atoms with Crippen LogP contribution in [0.3, 0.4) is 0 Å². The molecule has 0 saturated heterocycles. The van der Waals surface area contributed by atoms with Crippen LogP contribution in [0.25, 0.3) is 6.08 Å². The molecule has 0 radical (unpaired) electrons. The smallest absolute Gasteiger partial charge is 0.286 e. The predicted octanol–water partition coefficient (Wildman–Crippen LogP) is 4.53. The average Bonchev–Trinajstić information content (AvgIpc) is 3.00. The maximum absolute atomic E-state index is 12.1. The largest absolute Gasteiger partial charge is 0.490 e. The van der Waals surface area contributed by atoms with Crippen molar-refractivity contribution < 1.29 is 19.1 Å². The van der Waals surface area contributed by atoms with Gasteiger partial charge in [-0.3, -0.25) is 9.59 Å². The fourth-order valence-electron chi connectivity index (χ4n) is 2.57. The number of hydrogen-bond acceptors (Lipinski definition) is 5. The minimum atomic E-state index is -0.391. The van der Waals surface area contributed by atoms with E-state index in [2.05, 4.69) is 26.2 Å². The first-order valence-electron chi connectivity index (χ1n) is 8.89. The molecule has 8 heteroatoms. The number of halogens is 1. The summed E-state index contributed by atoms with van der Waals surface area (Å²) in [5.74, 6) is 0.505. The lowest BCUT2D eigenvalue weighted by molar-refractivity contribution is -0.117. The van der Waals surface area contributed by atoms with Crippen molar-refractivity contribution in [1.29, 1.82) is 0 Å². The number of rotatable bonds is 6. The number of hydrogen-bond donors (Lipinski definition) is 1. The number of carbonyl (C=O) groups excluding carboxylic acids is 2. The van der Waals surface area contributed by atoms with E-state index in [1.54, 1.807) is 6.08 Å². The van der Waals surface area contributed by atoms with Crippen LogP contribution < -0.4 is 14.8 Å². The number of carbonyl (C=O) groups is 2. The van der Waals surface area contributed by atoms with E-state index in [1.165, 1.54) is 6.92 Å². The number of nitrogens with one attached hydrogen (secondary N) is 1. The normalized spacial score (nSPS) is 14.7. The fourth-order valence-corrected chi connectivity index (χ4v) is 4.00. The molecule has 1 aliphatic rings. The number of benzene rings is 2. The summed E-state index contributed by atoms with van der Waals surface area (Å²) < 4.78 is 12.4. The number of nitrogens with zero attached hydrogens (tertiary/aromatic N) is 1. The molecule has 1 N–H and O–H groups in total. The Bertz CT molecular complexity index is 990. The van der Waals surface area contributed by atoms with Gasteiger partial charge in [0.05, 0.1) is 16.0 Å². The Hall–Kier alpha value is -2.58. The lowest BCUT2D eigenvalue weighted by Gasteiger charge is -2.15. The molecule has 0 fully saturated rings. The van der Waals surface area contributed by atoms with Crippen molar-refractivity contribution in [2.24, 2.45) is 4.99 Å². The predicted molar refractivity (Wildman–Crippen MR) is 118 cm³/mol. The van der Waals surface area contributed by atoms with Gasteiger partial charge in [-0.1, -0.05) is 30.3 Å². The first-order valence-corrected chi connectivity index (χ1v) is 10.5. The minimum absolute atomic E-state index is 0.272. The molecular weight excluding hydrogens is 456 g/mol. The van der Waals surface area contributed by atoms with Gasteiger partial charge < -0.3 is 14.8 Å². The van der Waals surface area contributed by atoms with Crippen LogP contribution in [-0.2, 0) is 16.2 Å². The summed E-state index contributed by atoms with van der Waals surface area (Å²) in [6.07, 6.45) is 1.71. The molecule has 2 amide bonds. The summed E-state index contributed by atoms with van der Waals surface area (Å²) in [5, 5.41) is 2.81. The van der Waals surface area contributed by atoms with Crippen LogP contribution in [0.5, 0.6) is 11.5 Å². The van der Waals surface area contributed by atoms with Gasteiger partial charge in [0.25, 0.3) is 5.91 Å². The van der Waals surface area contributed by atoms with Crippen LogP contribution in [0.1, 0.15) is 25.0 Å². The molecule has 29 heavy (non-hydrogen) atoms. The number of thioether (sulfide) groups is 1. The molecule has 0 saturated carbocycles. The van der Waals surface area contributed by atoms with E-state index in [4.69, 9.17) is 9.47 Å². The Labute approximate surface area is 181 Å². The van der Waals surface area contributed by atoms with Crippen molar-refractivity contribution in [3.8, 4) is 11.5 Å². The van der Waals surface area contributed by atoms with Gasteiger partial charge in [-0.05, 0) is 64.0 Å². The monoisotopic (exact) mass is 474 g/mol. The van der Waals surface area contributed by atoms with Crippen LogP contribution in [0.4, 0.5) is 0 Å². The van der Waals surface area contributed by atoms with E-state index in [0.29, 0.717) is 34.1 Å². The van der Waals surface area contributed by atoms with Gasteiger partial charge in [-0.15, -0.1) is 0 Å². The lowest BCUT2D eigenvalue weighted by atomic mass is 10.2. The molecule has 3 rings (SSSR count). The summed E-state index contributed by atoms with van der Waals surface area (Å²) in [4.78, 5) is 27.5. The highest BCUT2D eigenvalue weighted by atomic mass is 79.9. The molecule has 0 unspecified atom stereocenters. The van der Waals surface area contributed by atoms with E-state index in [1.807, 2.05) is 49.4 Å². The van der Waals surface area contributed by atoms with Crippen molar-refractivity contribution in [1.82, 2.24) is 5.32 Å². The van der Waals surface area contributed by atoms with Gasteiger partial charge in [0.1, 0.15) is 6.61 Å². The van der Waals surface area contributed by atoms with E-state index in [0.717, 1.165) is 22.9 Å². The van der Waals surface area contributed by atoms with Crippen molar-refractivity contribution >= 4 is 50.7 Å². The first-order chi connectivity index (χ1) is 14.0. The second-order valence-corrected chi connectivity index (χ2v) is 7.94. The average molecular weight is 475 g/mol. The quantitative estimate of drug-likeness (QED) is 0.622. The highest BCUT2D eigenvalue weighted by Crippen LogP contribution is 2.39. The molecular formula is C21H19BrN2O4S. The Morgan fingerprint density at radius 1 is 1.24 bits per heavy atom. The Morgan fingerprint density at radius 2 is 2.00 bits per heavy atom. The highest BCUT2D eigenvalue weighted by Gasteiger charge is 2.23. The van der Waals surface area contributed by atoms with Crippen LogP contribution in [0.15, 0.2) is 56.8 Å². The zero-order valence-electron chi connectivity index (χ0n) is 15.9. The molecule has 6 nitrogen and oxygen atoms in total. The molecule has 1 heterocycles. The summed E-state index contributed by atoms with van der Waals surface area (Å²) in [7, 11) is 0. The van der Waals surface area contributed by atoms with Crippen LogP contribution in [0, 0.1) is 0 Å². The molecule has 2 aromatic carbocycles. The summed E-state index contributed by atoms with van der Waals surface area (Å²) in [6.45, 7) is 4.14. The second-order valence-electron chi connectivity index (χ2n) is 6.05. The maximum Gasteiger partial charge on any atom is 0.286 e. The molecule has 0 atom stereocenters. The Balaban J connectivity index is 1.82. The van der Waals surface area contributed by atoms with Crippen molar-refractivity contribution in [2.75, 3.05) is 6.61 Å². The third-order valence-corrected chi connectivity index (χ3v) is 5.25. The van der Waals surface area contributed by atoms with Crippen molar-refractivity contribution in [2.45, 2.75) is 20.5 Å². The standard InChI is InChI=1S/C21H19BrN2O4S/c1-3-27-17-10-15(11-18-20(26)24-21(29-18)23-13(2)25)9-16(22)19(17)28-12-14-7-5-4-6-8-14/h4-11H,3,12H2,1-2H3,(H,23,24,25,26)/b18-11+. The fraction of sp³-hybridized carbons (Fsp3) is 0.190. The molecule has 2 aromatic rings.